The zero-order chi connectivity index (χ0) is 7.14. The van der Waals surface area contributed by atoms with Crippen LogP contribution in [0.4, 0.5) is 0 Å². The van der Waals surface area contributed by atoms with Crippen molar-refractivity contribution in [3.63, 3.8) is 0 Å². The predicted octanol–water partition coefficient (Wildman–Crippen LogP) is 0.197. The van der Waals surface area contributed by atoms with Gasteiger partial charge in [-0.25, -0.2) is 0 Å². The molecule has 0 aliphatic carbocycles. The van der Waals surface area contributed by atoms with Crippen LogP contribution in [-0.2, 0) is 9.63 Å². The van der Waals surface area contributed by atoms with Crippen LogP contribution < -0.4 is 0 Å². The normalized spacial score (nSPS) is 44.2. The molecule has 10 heavy (non-hydrogen) atoms. The van der Waals surface area contributed by atoms with E-state index in [2.05, 4.69) is 0 Å². The molecule has 4 heteroatoms. The predicted molar refractivity (Wildman–Crippen MR) is 32.0 cm³/mol. The van der Waals surface area contributed by atoms with Gasteiger partial charge >= 0.3 is 5.97 Å². The van der Waals surface area contributed by atoms with Crippen LogP contribution in [0.1, 0.15) is 19.3 Å². The Hall–Kier alpha value is -0.610. The second-order valence-electron chi connectivity index (χ2n) is 2.70. The average Bonchev–Trinajstić information content (AvgIpc) is 2.63. The summed E-state index contributed by atoms with van der Waals surface area (Å²) in [5, 5.41) is 10.2. The van der Waals surface area contributed by atoms with Gasteiger partial charge < -0.3 is 5.11 Å². The van der Waals surface area contributed by atoms with Gasteiger partial charge in [-0.1, -0.05) is 0 Å². The van der Waals surface area contributed by atoms with E-state index in [1.165, 1.54) is 0 Å². The molecule has 0 aromatic heterocycles. The molecule has 2 saturated heterocycles. The highest BCUT2D eigenvalue weighted by Crippen LogP contribution is 2.35. The summed E-state index contributed by atoms with van der Waals surface area (Å²) >= 11 is 0. The minimum absolute atomic E-state index is 0.120. The number of fused-ring (bicyclic) bond motifs is 1. The van der Waals surface area contributed by atoms with E-state index in [1.807, 2.05) is 0 Å². The number of rotatable bonds is 1. The topological polar surface area (TPSA) is 52.8 Å². The molecule has 4 nitrogen and oxygen atoms in total. The summed E-state index contributed by atoms with van der Waals surface area (Å²) in [6, 6.07) is -0.376. The second-order valence-corrected chi connectivity index (χ2v) is 2.70. The van der Waals surface area contributed by atoms with Crippen LogP contribution >= 0.6 is 0 Å². The fourth-order valence-corrected chi connectivity index (χ4v) is 1.41. The van der Waals surface area contributed by atoms with Gasteiger partial charge in [-0.2, -0.15) is 0 Å². The average molecular weight is 143 g/mol. The number of carboxylic acid groups (broad SMARTS) is 1. The van der Waals surface area contributed by atoms with Crippen molar-refractivity contribution in [2.24, 2.45) is 0 Å². The molecule has 3 unspecified atom stereocenters. The highest BCUT2D eigenvalue weighted by molar-refractivity contribution is 5.73. The third kappa shape index (κ3) is 0.803. The Morgan fingerprint density at radius 2 is 2.40 bits per heavy atom. The zero-order valence-corrected chi connectivity index (χ0v) is 5.49. The zero-order valence-electron chi connectivity index (χ0n) is 5.49. The first-order valence-corrected chi connectivity index (χ1v) is 3.47. The molecule has 2 rings (SSSR count). The van der Waals surface area contributed by atoms with E-state index in [9.17, 15) is 4.79 Å². The maximum Gasteiger partial charge on any atom is 0.323 e. The molecule has 1 N–H and O–H groups in total. The Labute approximate surface area is 58.3 Å². The summed E-state index contributed by atoms with van der Waals surface area (Å²) in [5.74, 6) is -0.762. The van der Waals surface area contributed by atoms with E-state index in [0.29, 0.717) is 0 Å². The molecule has 56 valence electrons. The van der Waals surface area contributed by atoms with E-state index >= 15 is 0 Å². The highest BCUT2D eigenvalue weighted by Gasteiger charge is 2.48. The molecule has 0 radical (unpaired) electrons. The molecule has 2 aliphatic heterocycles. The lowest BCUT2D eigenvalue weighted by molar-refractivity contribution is -0.144. The first kappa shape index (κ1) is 6.12. The van der Waals surface area contributed by atoms with Gasteiger partial charge in [0.25, 0.3) is 0 Å². The van der Waals surface area contributed by atoms with Crippen LogP contribution in [-0.4, -0.2) is 28.4 Å². The molecule has 3 atom stereocenters. The van der Waals surface area contributed by atoms with Crippen molar-refractivity contribution in [2.75, 3.05) is 0 Å². The fourth-order valence-electron chi connectivity index (χ4n) is 1.41. The molecule has 0 aromatic rings. The highest BCUT2D eigenvalue weighted by atomic mass is 16.8. The van der Waals surface area contributed by atoms with E-state index in [0.717, 1.165) is 19.3 Å². The summed E-state index contributed by atoms with van der Waals surface area (Å²) in [6.45, 7) is 0. The minimum Gasteiger partial charge on any atom is -0.480 e. The van der Waals surface area contributed by atoms with Crippen molar-refractivity contribution in [1.82, 2.24) is 5.06 Å². The van der Waals surface area contributed by atoms with Crippen molar-refractivity contribution in [1.29, 1.82) is 0 Å². The molecule has 2 heterocycles. The largest absolute Gasteiger partial charge is 0.480 e. The Kier molecular flexibility index (Phi) is 1.18. The van der Waals surface area contributed by atoms with Gasteiger partial charge in [0.2, 0.25) is 0 Å². The van der Waals surface area contributed by atoms with Gasteiger partial charge in [-0.3, -0.25) is 9.63 Å². The number of carboxylic acids is 1. The lowest BCUT2D eigenvalue weighted by atomic mass is 10.1. The molecule has 0 aromatic carbocycles. The van der Waals surface area contributed by atoms with Gasteiger partial charge in [0.05, 0.1) is 0 Å². The first-order chi connectivity index (χ1) is 4.79. The molecule has 0 bridgehead atoms. The second kappa shape index (κ2) is 1.93. The SMILES string of the molecule is O=C(O)C1CCCC2ON21. The fraction of sp³-hybridized carbons (Fsp3) is 0.833. The first-order valence-electron chi connectivity index (χ1n) is 3.47. The van der Waals surface area contributed by atoms with Crippen LogP contribution in [0.2, 0.25) is 0 Å². The van der Waals surface area contributed by atoms with Gasteiger partial charge in [0.1, 0.15) is 6.04 Å². The Morgan fingerprint density at radius 1 is 1.60 bits per heavy atom. The van der Waals surface area contributed by atoms with Crippen LogP contribution in [0, 0.1) is 0 Å². The summed E-state index contributed by atoms with van der Waals surface area (Å²) in [4.78, 5) is 15.5. The Morgan fingerprint density at radius 3 is 3.00 bits per heavy atom. The molecular formula is C6H9NO3. The van der Waals surface area contributed by atoms with Crippen LogP contribution in [0.15, 0.2) is 0 Å². The van der Waals surface area contributed by atoms with Crippen molar-refractivity contribution in [3.05, 3.63) is 0 Å². The smallest absolute Gasteiger partial charge is 0.323 e. The van der Waals surface area contributed by atoms with Crippen molar-refractivity contribution in [3.8, 4) is 0 Å². The number of hydrogen-bond acceptors (Lipinski definition) is 3. The summed E-state index contributed by atoms with van der Waals surface area (Å²) < 4.78 is 0. The summed E-state index contributed by atoms with van der Waals surface area (Å²) in [5.41, 5.74) is 0. The van der Waals surface area contributed by atoms with Crippen molar-refractivity contribution >= 4 is 5.97 Å². The molecule has 0 saturated carbocycles. The number of carbonyl (C=O) groups is 1. The third-order valence-corrected chi connectivity index (χ3v) is 2.00. The van der Waals surface area contributed by atoms with Crippen LogP contribution in [0.5, 0.6) is 0 Å². The third-order valence-electron chi connectivity index (χ3n) is 2.00. The molecule has 0 spiro atoms. The number of piperidine rings is 1. The molecule has 0 amide bonds. The van der Waals surface area contributed by atoms with Gasteiger partial charge in [0.15, 0.2) is 6.23 Å². The van der Waals surface area contributed by atoms with Crippen LogP contribution in [0.25, 0.3) is 0 Å². The number of nitrogens with zero attached hydrogens (tertiary/aromatic N) is 1. The maximum absolute atomic E-state index is 10.5. The Balaban J connectivity index is 2.02. The van der Waals surface area contributed by atoms with Gasteiger partial charge in [0, 0.05) is 0 Å². The number of aliphatic carboxylic acids is 1. The monoisotopic (exact) mass is 143 g/mol. The van der Waals surface area contributed by atoms with Gasteiger partial charge in [-0.05, 0) is 19.3 Å². The van der Waals surface area contributed by atoms with E-state index < -0.39 is 5.97 Å². The van der Waals surface area contributed by atoms with Gasteiger partial charge in [-0.15, -0.1) is 5.06 Å². The summed E-state index contributed by atoms with van der Waals surface area (Å²) in [7, 11) is 0. The van der Waals surface area contributed by atoms with Crippen LogP contribution in [0.3, 0.4) is 0 Å². The molecular weight excluding hydrogens is 134 g/mol. The number of hydrogen-bond donors (Lipinski definition) is 1. The summed E-state index contributed by atoms with van der Waals surface area (Å²) in [6.07, 6.45) is 2.81. The van der Waals surface area contributed by atoms with E-state index in [-0.39, 0.29) is 12.3 Å². The minimum atomic E-state index is -0.762. The Bertz CT molecular complexity index is 170. The quantitative estimate of drug-likeness (QED) is 0.532. The molecule has 2 aliphatic rings. The van der Waals surface area contributed by atoms with E-state index in [1.54, 1.807) is 5.06 Å². The number of hydroxylamine groups is 2. The lowest BCUT2D eigenvalue weighted by Crippen LogP contribution is -2.32. The van der Waals surface area contributed by atoms with E-state index in [4.69, 9.17) is 9.94 Å². The van der Waals surface area contributed by atoms with Crippen molar-refractivity contribution in [2.45, 2.75) is 31.5 Å². The van der Waals surface area contributed by atoms with Crippen molar-refractivity contribution < 1.29 is 14.7 Å². The lowest BCUT2D eigenvalue weighted by Gasteiger charge is -2.13. The maximum atomic E-state index is 10.5. The molecule has 2 fully saturated rings. The standard InChI is InChI=1S/C6H9NO3/c8-6(9)4-2-1-3-5-7(4)10-5/h4-5H,1-3H2,(H,8,9).